The number of amides is 1. The lowest BCUT2D eigenvalue weighted by molar-refractivity contribution is -0.119. The van der Waals surface area contributed by atoms with Crippen LogP contribution in [0.25, 0.3) is 0 Å². The summed E-state index contributed by atoms with van der Waals surface area (Å²) >= 11 is 0. The van der Waals surface area contributed by atoms with Gasteiger partial charge >= 0.3 is 0 Å². The molecule has 0 N–H and O–H groups in total. The van der Waals surface area contributed by atoms with Gasteiger partial charge in [-0.1, -0.05) is 30.3 Å². The topological polar surface area (TPSA) is 59.2 Å². The first-order chi connectivity index (χ1) is 10.9. The van der Waals surface area contributed by atoms with Gasteiger partial charge in [-0.25, -0.2) is 0 Å². The normalized spacial score (nSPS) is 19.5. The number of nitrogens with zero attached hydrogens (tertiary/aromatic N) is 3. The highest BCUT2D eigenvalue weighted by Crippen LogP contribution is 2.43. The molecule has 0 aliphatic carbocycles. The number of para-hydroxylation sites is 1. The molecule has 5 heteroatoms. The van der Waals surface area contributed by atoms with Crippen molar-refractivity contribution in [2.75, 3.05) is 4.90 Å². The van der Waals surface area contributed by atoms with Gasteiger partial charge in [0.05, 0.1) is 0 Å². The van der Waals surface area contributed by atoms with Gasteiger partial charge in [0.1, 0.15) is 0 Å². The van der Waals surface area contributed by atoms with Crippen LogP contribution in [0.5, 0.6) is 0 Å². The second-order valence-electron chi connectivity index (χ2n) is 6.94. The van der Waals surface area contributed by atoms with E-state index in [2.05, 4.69) is 37.0 Å². The second kappa shape index (κ2) is 5.80. The second-order valence-corrected chi connectivity index (χ2v) is 6.94. The van der Waals surface area contributed by atoms with Crippen molar-refractivity contribution in [1.29, 1.82) is 0 Å². The number of carbonyl (C=O) groups excluding carboxylic acids is 1. The fourth-order valence-electron chi connectivity index (χ4n) is 3.62. The van der Waals surface area contributed by atoms with E-state index in [1.165, 1.54) is 5.56 Å². The van der Waals surface area contributed by atoms with Crippen LogP contribution in [0.4, 0.5) is 5.69 Å². The van der Waals surface area contributed by atoms with Crippen LogP contribution < -0.4 is 4.90 Å². The predicted octanol–water partition coefficient (Wildman–Crippen LogP) is 3.63. The van der Waals surface area contributed by atoms with Crippen LogP contribution in [0.3, 0.4) is 0 Å². The first-order valence-electron chi connectivity index (χ1n) is 8.09. The minimum Gasteiger partial charge on any atom is -0.339 e. The molecule has 0 saturated heterocycles. The zero-order valence-corrected chi connectivity index (χ0v) is 14.2. The van der Waals surface area contributed by atoms with Gasteiger partial charge in [-0.15, -0.1) is 0 Å². The number of hydrogen-bond acceptors (Lipinski definition) is 4. The monoisotopic (exact) mass is 313 g/mol. The summed E-state index contributed by atoms with van der Waals surface area (Å²) in [7, 11) is 0. The average Bonchev–Trinajstić information content (AvgIpc) is 2.90. The quantitative estimate of drug-likeness (QED) is 0.868. The van der Waals surface area contributed by atoms with Crippen LogP contribution in [0.15, 0.2) is 28.8 Å². The SMILES string of the molecule is Cc1noc(CCC(=O)N2c3ccccc3[C@H](C)CC2(C)C)n1. The lowest BCUT2D eigenvalue weighted by atomic mass is 9.80. The van der Waals surface area contributed by atoms with Crippen LogP contribution in [0.2, 0.25) is 0 Å². The highest BCUT2D eigenvalue weighted by Gasteiger charge is 2.39. The summed E-state index contributed by atoms with van der Waals surface area (Å²) in [6, 6.07) is 8.20. The Morgan fingerprint density at radius 1 is 1.39 bits per heavy atom. The van der Waals surface area contributed by atoms with Crippen molar-refractivity contribution in [3.8, 4) is 0 Å². The van der Waals surface area contributed by atoms with E-state index in [0.717, 1.165) is 12.1 Å². The molecule has 0 spiro atoms. The van der Waals surface area contributed by atoms with Crippen molar-refractivity contribution < 1.29 is 9.32 Å². The van der Waals surface area contributed by atoms with E-state index in [-0.39, 0.29) is 11.4 Å². The van der Waals surface area contributed by atoms with Gasteiger partial charge in [-0.05, 0) is 44.7 Å². The van der Waals surface area contributed by atoms with E-state index in [1.807, 2.05) is 23.1 Å². The lowest BCUT2D eigenvalue weighted by Gasteiger charge is -2.46. The third-order valence-electron chi connectivity index (χ3n) is 4.49. The molecule has 0 bridgehead atoms. The van der Waals surface area contributed by atoms with Gasteiger partial charge in [-0.2, -0.15) is 4.98 Å². The molecule has 0 fully saturated rings. The number of aryl methyl sites for hydroxylation is 2. The number of carbonyl (C=O) groups is 1. The molecule has 1 aromatic heterocycles. The van der Waals surface area contributed by atoms with Crippen LogP contribution in [-0.4, -0.2) is 21.6 Å². The Balaban J connectivity index is 1.84. The van der Waals surface area contributed by atoms with Gasteiger partial charge < -0.3 is 9.42 Å². The van der Waals surface area contributed by atoms with Gasteiger partial charge in [0.25, 0.3) is 0 Å². The number of anilines is 1. The van der Waals surface area contributed by atoms with Gasteiger partial charge in [-0.3, -0.25) is 4.79 Å². The highest BCUT2D eigenvalue weighted by atomic mass is 16.5. The Labute approximate surface area is 136 Å². The average molecular weight is 313 g/mol. The summed E-state index contributed by atoms with van der Waals surface area (Å²) in [6.07, 6.45) is 1.80. The Morgan fingerprint density at radius 3 is 2.83 bits per heavy atom. The molecule has 1 aliphatic rings. The van der Waals surface area contributed by atoms with E-state index >= 15 is 0 Å². The summed E-state index contributed by atoms with van der Waals surface area (Å²) in [5.74, 6) is 1.67. The Bertz CT molecular complexity index is 721. The maximum atomic E-state index is 12.9. The molecule has 1 atom stereocenters. The van der Waals surface area contributed by atoms with E-state index in [9.17, 15) is 4.79 Å². The number of aromatic nitrogens is 2. The molecule has 2 aromatic rings. The molecule has 3 rings (SSSR count). The molecule has 1 amide bonds. The Morgan fingerprint density at radius 2 is 2.13 bits per heavy atom. The molecule has 1 aromatic carbocycles. The zero-order valence-electron chi connectivity index (χ0n) is 14.2. The van der Waals surface area contributed by atoms with Crippen molar-refractivity contribution in [3.05, 3.63) is 41.5 Å². The molecule has 122 valence electrons. The Kier molecular flexibility index (Phi) is 3.96. The number of hydrogen-bond donors (Lipinski definition) is 0. The lowest BCUT2D eigenvalue weighted by Crippen LogP contribution is -2.51. The number of rotatable bonds is 3. The molecule has 5 nitrogen and oxygen atoms in total. The highest BCUT2D eigenvalue weighted by molar-refractivity contribution is 5.96. The van der Waals surface area contributed by atoms with E-state index in [4.69, 9.17) is 4.52 Å². The number of fused-ring (bicyclic) bond motifs is 1. The van der Waals surface area contributed by atoms with E-state index < -0.39 is 0 Å². The number of benzene rings is 1. The first-order valence-corrected chi connectivity index (χ1v) is 8.09. The fraction of sp³-hybridized carbons (Fsp3) is 0.500. The van der Waals surface area contributed by atoms with Crippen molar-refractivity contribution in [2.24, 2.45) is 0 Å². The maximum absolute atomic E-state index is 12.9. The standard InChI is InChI=1S/C18H23N3O2/c1-12-11-18(3,4)21(15-8-6-5-7-14(12)15)17(22)10-9-16-19-13(2)20-23-16/h5-8,12H,9-11H2,1-4H3/t12-/m1/s1. The largest absolute Gasteiger partial charge is 0.339 e. The third kappa shape index (κ3) is 3.00. The van der Waals surface area contributed by atoms with Crippen LogP contribution in [0, 0.1) is 6.92 Å². The molecule has 0 saturated carbocycles. The van der Waals surface area contributed by atoms with Crippen LogP contribution in [0.1, 0.15) is 56.8 Å². The molecule has 0 radical (unpaired) electrons. The van der Waals surface area contributed by atoms with Crippen LogP contribution in [-0.2, 0) is 11.2 Å². The zero-order chi connectivity index (χ0) is 16.6. The summed E-state index contributed by atoms with van der Waals surface area (Å²) in [6.45, 7) is 8.27. The van der Waals surface area contributed by atoms with Crippen molar-refractivity contribution in [2.45, 2.75) is 58.4 Å². The molecule has 2 heterocycles. The maximum Gasteiger partial charge on any atom is 0.228 e. The smallest absolute Gasteiger partial charge is 0.228 e. The van der Waals surface area contributed by atoms with Crippen molar-refractivity contribution in [1.82, 2.24) is 10.1 Å². The third-order valence-corrected chi connectivity index (χ3v) is 4.49. The summed E-state index contributed by atoms with van der Waals surface area (Å²) < 4.78 is 5.11. The minimum absolute atomic E-state index is 0.102. The summed E-state index contributed by atoms with van der Waals surface area (Å²) in [5, 5.41) is 3.77. The van der Waals surface area contributed by atoms with Gasteiger partial charge in [0, 0.05) is 24.1 Å². The summed E-state index contributed by atoms with van der Waals surface area (Å²) in [4.78, 5) is 19.0. The summed E-state index contributed by atoms with van der Waals surface area (Å²) in [5.41, 5.74) is 2.08. The van der Waals surface area contributed by atoms with Crippen LogP contribution >= 0.6 is 0 Å². The minimum atomic E-state index is -0.199. The Hall–Kier alpha value is -2.17. The van der Waals surface area contributed by atoms with Gasteiger partial charge in [0.15, 0.2) is 5.82 Å². The molecular weight excluding hydrogens is 290 g/mol. The fourth-order valence-corrected chi connectivity index (χ4v) is 3.62. The molecule has 0 unspecified atom stereocenters. The van der Waals surface area contributed by atoms with E-state index in [0.29, 0.717) is 30.5 Å². The first kappa shape index (κ1) is 15.7. The van der Waals surface area contributed by atoms with Gasteiger partial charge in [0.2, 0.25) is 11.8 Å². The molecule has 1 aliphatic heterocycles. The predicted molar refractivity (Wildman–Crippen MR) is 88.4 cm³/mol. The van der Waals surface area contributed by atoms with Crippen molar-refractivity contribution >= 4 is 11.6 Å². The molecule has 23 heavy (non-hydrogen) atoms. The molecular formula is C18H23N3O2. The van der Waals surface area contributed by atoms with E-state index in [1.54, 1.807) is 6.92 Å². The van der Waals surface area contributed by atoms with Crippen molar-refractivity contribution in [3.63, 3.8) is 0 Å².